The second-order valence-electron chi connectivity index (χ2n) is 6.47. The number of sulfonamides is 1. The largest absolute Gasteiger partial charge is 0.497 e. The van der Waals surface area contributed by atoms with Gasteiger partial charge in [-0.05, 0) is 66.3 Å². The predicted octanol–water partition coefficient (Wildman–Crippen LogP) is 3.30. The van der Waals surface area contributed by atoms with Crippen molar-refractivity contribution in [1.82, 2.24) is 10.0 Å². The minimum atomic E-state index is -3.66. The van der Waals surface area contributed by atoms with E-state index < -0.39 is 10.0 Å². The highest BCUT2D eigenvalue weighted by Gasteiger charge is 2.14. The number of carbonyl (C=O) groups is 1. The zero-order valence-corrected chi connectivity index (χ0v) is 18.3. The molecular formula is C22H21N3O4S2. The molecule has 3 rings (SSSR count). The molecular weight excluding hydrogens is 434 g/mol. The van der Waals surface area contributed by atoms with E-state index in [2.05, 4.69) is 15.4 Å². The summed E-state index contributed by atoms with van der Waals surface area (Å²) in [5.41, 5.74) is 1.83. The first kappa shape index (κ1) is 22.4. The van der Waals surface area contributed by atoms with E-state index in [-0.39, 0.29) is 22.5 Å². The molecule has 0 aliphatic heterocycles. The van der Waals surface area contributed by atoms with Crippen LogP contribution in [0, 0.1) is 0 Å². The Hall–Kier alpha value is -3.27. The summed E-state index contributed by atoms with van der Waals surface area (Å²) in [7, 11) is -2.11. The molecule has 0 heterocycles. The Kier molecular flexibility index (Phi) is 7.35. The number of amides is 1. The predicted molar refractivity (Wildman–Crippen MR) is 124 cm³/mol. The van der Waals surface area contributed by atoms with E-state index in [1.165, 1.54) is 12.1 Å². The molecule has 7 nitrogen and oxygen atoms in total. The van der Waals surface area contributed by atoms with Gasteiger partial charge in [0.25, 0.3) is 5.91 Å². The Bertz CT molecular complexity index is 1150. The first-order valence-corrected chi connectivity index (χ1v) is 11.2. The number of carbonyl (C=O) groups excluding carboxylic acids is 1. The van der Waals surface area contributed by atoms with Gasteiger partial charge in [-0.25, -0.2) is 13.1 Å². The summed E-state index contributed by atoms with van der Waals surface area (Å²) in [4.78, 5) is 12.4. The number of hydrogen-bond acceptors (Lipinski definition) is 5. The first-order chi connectivity index (χ1) is 14.9. The Morgan fingerprint density at radius 1 is 0.935 bits per heavy atom. The molecule has 0 aliphatic carbocycles. The molecule has 3 aromatic carbocycles. The zero-order chi connectivity index (χ0) is 22.3. The maximum Gasteiger partial charge on any atom is 0.257 e. The lowest BCUT2D eigenvalue weighted by molar-refractivity contribution is 0.0977. The Morgan fingerprint density at radius 3 is 2.19 bits per heavy atom. The van der Waals surface area contributed by atoms with Gasteiger partial charge >= 0.3 is 0 Å². The highest BCUT2D eigenvalue weighted by atomic mass is 32.2. The zero-order valence-electron chi connectivity index (χ0n) is 16.7. The molecule has 0 aromatic heterocycles. The van der Waals surface area contributed by atoms with Crippen LogP contribution < -0.4 is 20.1 Å². The van der Waals surface area contributed by atoms with Crippen molar-refractivity contribution in [2.75, 3.05) is 12.4 Å². The van der Waals surface area contributed by atoms with Gasteiger partial charge < -0.3 is 10.1 Å². The van der Waals surface area contributed by atoms with Crippen molar-refractivity contribution < 1.29 is 17.9 Å². The summed E-state index contributed by atoms with van der Waals surface area (Å²) in [6.45, 7) is 0.199. The Morgan fingerprint density at radius 2 is 1.58 bits per heavy atom. The molecule has 0 aliphatic rings. The van der Waals surface area contributed by atoms with Gasteiger partial charge in [-0.15, -0.1) is 0 Å². The fourth-order valence-electron chi connectivity index (χ4n) is 2.65. The van der Waals surface area contributed by atoms with Crippen LogP contribution in [0.4, 0.5) is 5.69 Å². The second-order valence-corrected chi connectivity index (χ2v) is 8.65. The Balaban J connectivity index is 1.56. The van der Waals surface area contributed by atoms with E-state index in [0.717, 1.165) is 5.56 Å². The van der Waals surface area contributed by atoms with E-state index in [4.69, 9.17) is 17.0 Å². The third-order valence-corrected chi connectivity index (χ3v) is 5.93. The van der Waals surface area contributed by atoms with Gasteiger partial charge in [-0.3, -0.25) is 10.1 Å². The van der Waals surface area contributed by atoms with Crippen LogP contribution in [0.2, 0.25) is 0 Å². The number of nitrogens with one attached hydrogen (secondary N) is 3. The molecule has 0 spiro atoms. The molecule has 0 saturated carbocycles. The summed E-state index contributed by atoms with van der Waals surface area (Å²) < 4.78 is 32.6. The molecule has 9 heteroatoms. The lowest BCUT2D eigenvalue weighted by atomic mass is 10.2. The topological polar surface area (TPSA) is 96.5 Å². The number of thiocarbonyl (C=S) groups is 1. The lowest BCUT2D eigenvalue weighted by Crippen LogP contribution is -2.34. The minimum Gasteiger partial charge on any atom is -0.497 e. The van der Waals surface area contributed by atoms with Gasteiger partial charge in [-0.2, -0.15) is 0 Å². The third-order valence-electron chi connectivity index (χ3n) is 4.31. The van der Waals surface area contributed by atoms with Crippen LogP contribution in [0.3, 0.4) is 0 Å². The van der Waals surface area contributed by atoms with E-state index >= 15 is 0 Å². The average molecular weight is 456 g/mol. The van der Waals surface area contributed by atoms with Gasteiger partial charge in [0, 0.05) is 17.8 Å². The van der Waals surface area contributed by atoms with Crippen molar-refractivity contribution in [1.29, 1.82) is 0 Å². The van der Waals surface area contributed by atoms with Crippen LogP contribution in [0.5, 0.6) is 5.75 Å². The van der Waals surface area contributed by atoms with Gasteiger partial charge in [-0.1, -0.05) is 30.3 Å². The van der Waals surface area contributed by atoms with Gasteiger partial charge in [0.05, 0.1) is 12.0 Å². The van der Waals surface area contributed by atoms with E-state index in [9.17, 15) is 13.2 Å². The SMILES string of the molecule is COc1ccc(C(=O)NC(=S)Nc2ccc(S(=O)(=O)NCc3ccccc3)cc2)cc1. The minimum absolute atomic E-state index is 0.0960. The normalized spacial score (nSPS) is 10.9. The summed E-state index contributed by atoms with van der Waals surface area (Å²) >= 11 is 5.16. The fourth-order valence-corrected chi connectivity index (χ4v) is 3.88. The van der Waals surface area contributed by atoms with E-state index in [1.807, 2.05) is 30.3 Å². The molecule has 31 heavy (non-hydrogen) atoms. The Labute approximate surface area is 186 Å². The molecule has 0 saturated heterocycles. The monoisotopic (exact) mass is 455 g/mol. The number of hydrogen-bond donors (Lipinski definition) is 3. The van der Waals surface area contributed by atoms with Crippen LogP contribution in [0.15, 0.2) is 83.8 Å². The molecule has 3 aromatic rings. The molecule has 3 N–H and O–H groups in total. The van der Waals surface area contributed by atoms with Crippen molar-refractivity contribution in [2.24, 2.45) is 0 Å². The van der Waals surface area contributed by atoms with Crippen molar-refractivity contribution in [3.63, 3.8) is 0 Å². The molecule has 0 atom stereocenters. The number of anilines is 1. The number of benzene rings is 3. The summed E-state index contributed by atoms with van der Waals surface area (Å²) in [6, 6.07) is 21.9. The van der Waals surface area contributed by atoms with E-state index in [0.29, 0.717) is 17.0 Å². The van der Waals surface area contributed by atoms with Crippen LogP contribution in [-0.2, 0) is 16.6 Å². The second kappa shape index (κ2) is 10.2. The van der Waals surface area contributed by atoms with Crippen LogP contribution in [0.25, 0.3) is 0 Å². The van der Waals surface area contributed by atoms with Gasteiger partial charge in [0.2, 0.25) is 10.0 Å². The number of ether oxygens (including phenoxy) is 1. The lowest BCUT2D eigenvalue weighted by Gasteiger charge is -2.11. The highest BCUT2D eigenvalue weighted by molar-refractivity contribution is 7.89. The summed E-state index contributed by atoms with van der Waals surface area (Å²) in [5.74, 6) is 0.273. The van der Waals surface area contributed by atoms with Crippen LogP contribution in [-0.4, -0.2) is 26.5 Å². The number of methoxy groups -OCH3 is 1. The highest BCUT2D eigenvalue weighted by Crippen LogP contribution is 2.15. The van der Waals surface area contributed by atoms with Crippen molar-refractivity contribution >= 4 is 38.9 Å². The molecule has 1 amide bonds. The quantitative estimate of drug-likeness (QED) is 0.473. The van der Waals surface area contributed by atoms with Crippen molar-refractivity contribution in [3.05, 3.63) is 90.0 Å². The van der Waals surface area contributed by atoms with Gasteiger partial charge in [0.15, 0.2) is 5.11 Å². The average Bonchev–Trinajstić information content (AvgIpc) is 2.79. The summed E-state index contributed by atoms with van der Waals surface area (Å²) in [5, 5.41) is 5.53. The van der Waals surface area contributed by atoms with E-state index in [1.54, 1.807) is 43.5 Å². The van der Waals surface area contributed by atoms with Gasteiger partial charge in [0.1, 0.15) is 5.75 Å². The van der Waals surface area contributed by atoms with Crippen LogP contribution >= 0.6 is 12.2 Å². The maximum absolute atomic E-state index is 12.5. The fraction of sp³-hybridized carbons (Fsp3) is 0.0909. The third kappa shape index (κ3) is 6.35. The first-order valence-electron chi connectivity index (χ1n) is 9.27. The molecule has 160 valence electrons. The smallest absolute Gasteiger partial charge is 0.257 e. The van der Waals surface area contributed by atoms with Crippen LogP contribution in [0.1, 0.15) is 15.9 Å². The number of rotatable bonds is 7. The standard InChI is InChI=1S/C22H21N3O4S2/c1-29-19-11-7-17(8-12-19)21(26)25-22(30)24-18-9-13-20(14-10-18)31(27,28)23-15-16-5-3-2-4-6-16/h2-14,23H,15H2,1H3,(H2,24,25,26,30). The summed E-state index contributed by atoms with van der Waals surface area (Å²) in [6.07, 6.45) is 0. The molecule has 0 radical (unpaired) electrons. The molecule has 0 fully saturated rings. The van der Waals surface area contributed by atoms with Crippen molar-refractivity contribution in [3.8, 4) is 5.75 Å². The maximum atomic E-state index is 12.5. The molecule has 0 bridgehead atoms. The van der Waals surface area contributed by atoms with Crippen molar-refractivity contribution in [2.45, 2.75) is 11.4 Å². The molecule has 0 unspecified atom stereocenters.